The van der Waals surface area contributed by atoms with Gasteiger partial charge in [0.25, 0.3) is 0 Å². The SMILES string of the molecule is CC(O)(O)C(Cl)Cl. The molecule has 0 saturated carbocycles. The molecule has 0 rings (SSSR count). The summed E-state index contributed by atoms with van der Waals surface area (Å²) in [7, 11) is 0. The molecular weight excluding hydrogens is 139 g/mol. The molecule has 0 heterocycles. The molecule has 0 bridgehead atoms. The van der Waals surface area contributed by atoms with Crippen molar-refractivity contribution >= 4 is 23.2 Å². The van der Waals surface area contributed by atoms with Crippen molar-refractivity contribution in [3.05, 3.63) is 0 Å². The monoisotopic (exact) mass is 144 g/mol. The Balaban J connectivity index is 3.54. The van der Waals surface area contributed by atoms with E-state index in [1.54, 1.807) is 0 Å². The highest BCUT2D eigenvalue weighted by Gasteiger charge is 2.23. The highest BCUT2D eigenvalue weighted by molar-refractivity contribution is 6.44. The topological polar surface area (TPSA) is 40.5 Å². The second-order valence-electron chi connectivity index (χ2n) is 1.39. The molecule has 0 aromatic carbocycles. The van der Waals surface area contributed by atoms with Crippen molar-refractivity contribution in [1.82, 2.24) is 0 Å². The van der Waals surface area contributed by atoms with Gasteiger partial charge in [0, 0.05) is 0 Å². The predicted octanol–water partition coefficient (Wildman–Crippen LogP) is 0.491. The third-order valence-corrected chi connectivity index (χ3v) is 1.24. The van der Waals surface area contributed by atoms with E-state index in [0.717, 1.165) is 6.92 Å². The van der Waals surface area contributed by atoms with Gasteiger partial charge in [-0.2, -0.15) is 0 Å². The molecule has 0 spiro atoms. The average Bonchev–Trinajstić information content (AvgIpc) is 1.31. The normalized spacial score (nSPS) is 12.9. The van der Waals surface area contributed by atoms with Gasteiger partial charge in [-0.05, 0) is 6.92 Å². The smallest absolute Gasteiger partial charge is 0.190 e. The van der Waals surface area contributed by atoms with Crippen LogP contribution >= 0.6 is 23.2 Å². The number of rotatable bonds is 1. The van der Waals surface area contributed by atoms with Crippen LogP contribution in [0.15, 0.2) is 0 Å². The third kappa shape index (κ3) is 3.12. The van der Waals surface area contributed by atoms with Crippen LogP contribution in [0.4, 0.5) is 0 Å². The van der Waals surface area contributed by atoms with Crippen molar-refractivity contribution in [2.24, 2.45) is 0 Å². The van der Waals surface area contributed by atoms with Gasteiger partial charge in [-0.3, -0.25) is 0 Å². The van der Waals surface area contributed by atoms with Crippen molar-refractivity contribution in [3.8, 4) is 0 Å². The summed E-state index contributed by atoms with van der Waals surface area (Å²) in [5.41, 5.74) is 0. The maximum absolute atomic E-state index is 8.39. The lowest BCUT2D eigenvalue weighted by Gasteiger charge is -2.15. The summed E-state index contributed by atoms with van der Waals surface area (Å²) in [5, 5.41) is 16.8. The van der Waals surface area contributed by atoms with E-state index in [1.165, 1.54) is 0 Å². The summed E-state index contributed by atoms with van der Waals surface area (Å²) in [4.78, 5) is -1.15. The van der Waals surface area contributed by atoms with Gasteiger partial charge < -0.3 is 10.2 Å². The molecule has 44 valence electrons. The number of hydrogen-bond donors (Lipinski definition) is 2. The van der Waals surface area contributed by atoms with E-state index in [1.807, 2.05) is 0 Å². The van der Waals surface area contributed by atoms with Crippen LogP contribution in [-0.4, -0.2) is 20.8 Å². The first-order chi connectivity index (χ1) is 2.94. The molecule has 0 aliphatic carbocycles. The maximum Gasteiger partial charge on any atom is 0.190 e. The highest BCUT2D eigenvalue weighted by Crippen LogP contribution is 2.15. The first-order valence-electron chi connectivity index (χ1n) is 1.67. The summed E-state index contributed by atoms with van der Waals surface area (Å²) < 4.78 is 0. The third-order valence-electron chi connectivity index (χ3n) is 0.413. The average molecular weight is 145 g/mol. The van der Waals surface area contributed by atoms with Crippen LogP contribution in [0, 0.1) is 0 Å². The van der Waals surface area contributed by atoms with Crippen molar-refractivity contribution < 1.29 is 10.2 Å². The molecule has 0 fully saturated rings. The number of halogens is 2. The van der Waals surface area contributed by atoms with E-state index < -0.39 is 10.6 Å². The van der Waals surface area contributed by atoms with Gasteiger partial charge in [-0.25, -0.2) is 0 Å². The standard InChI is InChI=1S/C3H6Cl2O2/c1-3(6,7)2(4)5/h2,6-7H,1H3. The van der Waals surface area contributed by atoms with Crippen molar-refractivity contribution in [2.45, 2.75) is 17.5 Å². The van der Waals surface area contributed by atoms with Crippen LogP contribution < -0.4 is 0 Å². The minimum atomic E-state index is -1.97. The van der Waals surface area contributed by atoms with Gasteiger partial charge >= 0.3 is 0 Å². The van der Waals surface area contributed by atoms with Gasteiger partial charge in [0.2, 0.25) is 0 Å². The van der Waals surface area contributed by atoms with Gasteiger partial charge in [0.1, 0.15) is 0 Å². The van der Waals surface area contributed by atoms with Gasteiger partial charge in [0.15, 0.2) is 10.6 Å². The Kier molecular flexibility index (Phi) is 2.33. The second kappa shape index (κ2) is 2.18. The van der Waals surface area contributed by atoms with Crippen molar-refractivity contribution in [3.63, 3.8) is 0 Å². The van der Waals surface area contributed by atoms with Crippen LogP contribution in [0.2, 0.25) is 0 Å². The molecule has 0 atom stereocenters. The molecule has 0 unspecified atom stereocenters. The van der Waals surface area contributed by atoms with Gasteiger partial charge in [-0.1, -0.05) is 23.2 Å². The summed E-state index contributed by atoms with van der Waals surface area (Å²) in [6, 6.07) is 0. The quantitative estimate of drug-likeness (QED) is 0.416. The van der Waals surface area contributed by atoms with E-state index in [4.69, 9.17) is 33.4 Å². The Bertz CT molecular complexity index is 56.4. The largest absolute Gasteiger partial charge is 0.364 e. The lowest BCUT2D eigenvalue weighted by atomic mass is 10.4. The molecule has 0 saturated heterocycles. The molecule has 0 aliphatic rings. The predicted molar refractivity (Wildman–Crippen MR) is 28.3 cm³/mol. The van der Waals surface area contributed by atoms with Crippen LogP contribution in [0.5, 0.6) is 0 Å². The number of hydrogen-bond acceptors (Lipinski definition) is 2. The van der Waals surface area contributed by atoms with Crippen molar-refractivity contribution in [2.75, 3.05) is 0 Å². The zero-order chi connectivity index (χ0) is 6.08. The number of alkyl halides is 2. The summed E-state index contributed by atoms with van der Waals surface area (Å²) in [6.07, 6.45) is 0. The van der Waals surface area contributed by atoms with E-state index in [9.17, 15) is 0 Å². The maximum atomic E-state index is 8.39. The van der Waals surface area contributed by atoms with Crippen LogP contribution in [0.1, 0.15) is 6.92 Å². The fraction of sp³-hybridized carbons (Fsp3) is 1.00. The zero-order valence-corrected chi connectivity index (χ0v) is 5.24. The first kappa shape index (κ1) is 7.50. The molecule has 0 amide bonds. The lowest BCUT2D eigenvalue weighted by molar-refractivity contribution is -0.132. The van der Waals surface area contributed by atoms with E-state index in [-0.39, 0.29) is 0 Å². The highest BCUT2D eigenvalue weighted by atomic mass is 35.5. The molecule has 4 heteroatoms. The summed E-state index contributed by atoms with van der Waals surface area (Å²) in [6.45, 7) is 1.11. The molecule has 0 aliphatic heterocycles. The van der Waals surface area contributed by atoms with Crippen LogP contribution in [0.25, 0.3) is 0 Å². The number of aliphatic hydroxyl groups is 2. The van der Waals surface area contributed by atoms with Gasteiger partial charge in [-0.15, -0.1) is 0 Å². The Morgan fingerprint density at radius 2 is 1.57 bits per heavy atom. The Morgan fingerprint density at radius 1 is 1.43 bits per heavy atom. The Labute approximate surface area is 51.7 Å². The lowest BCUT2D eigenvalue weighted by Crippen LogP contribution is -2.30. The van der Waals surface area contributed by atoms with E-state index >= 15 is 0 Å². The minimum absolute atomic E-state index is 1.11. The molecule has 2 nitrogen and oxygen atoms in total. The molecule has 0 aromatic heterocycles. The van der Waals surface area contributed by atoms with Crippen molar-refractivity contribution in [1.29, 1.82) is 0 Å². The summed E-state index contributed by atoms with van der Waals surface area (Å²) >= 11 is 10.0. The molecule has 0 aromatic rings. The fourth-order valence-corrected chi connectivity index (χ4v) is 0. The molecule has 0 radical (unpaired) electrons. The molecule has 2 N–H and O–H groups in total. The second-order valence-corrected chi connectivity index (χ2v) is 2.49. The van der Waals surface area contributed by atoms with Crippen LogP contribution in [-0.2, 0) is 0 Å². The van der Waals surface area contributed by atoms with Gasteiger partial charge in [0.05, 0.1) is 0 Å². The zero-order valence-electron chi connectivity index (χ0n) is 3.73. The molecular formula is C3H6Cl2O2. The minimum Gasteiger partial charge on any atom is -0.364 e. The molecule has 7 heavy (non-hydrogen) atoms. The summed E-state index contributed by atoms with van der Waals surface area (Å²) in [5.74, 6) is -1.97. The van der Waals surface area contributed by atoms with E-state index in [2.05, 4.69) is 0 Å². The fourth-order valence-electron chi connectivity index (χ4n) is 0. The Hall–Kier alpha value is 0.500. The first-order valence-corrected chi connectivity index (χ1v) is 2.55. The van der Waals surface area contributed by atoms with Crippen LogP contribution in [0.3, 0.4) is 0 Å². The Morgan fingerprint density at radius 3 is 1.57 bits per heavy atom. The van der Waals surface area contributed by atoms with E-state index in [0.29, 0.717) is 0 Å².